The summed E-state index contributed by atoms with van der Waals surface area (Å²) in [6.07, 6.45) is 1.53. The number of aromatic nitrogens is 2. The third kappa shape index (κ3) is 2.24. The molecule has 0 saturated carbocycles. The maximum absolute atomic E-state index is 9.12. The summed E-state index contributed by atoms with van der Waals surface area (Å²) in [6.45, 7) is 4.25. The van der Waals surface area contributed by atoms with Crippen LogP contribution in [0.15, 0.2) is 16.8 Å². The Balaban J connectivity index is 2.37. The number of aliphatic hydroxyl groups excluding tert-OH is 1. The van der Waals surface area contributed by atoms with Gasteiger partial charge in [0.05, 0.1) is 11.4 Å². The third-order valence-electron chi connectivity index (χ3n) is 3.33. The van der Waals surface area contributed by atoms with Gasteiger partial charge in [-0.2, -0.15) is 0 Å². The van der Waals surface area contributed by atoms with Gasteiger partial charge in [-0.15, -0.1) is 0 Å². The predicted molar refractivity (Wildman–Crippen MR) is 70.2 cm³/mol. The third-order valence-corrected chi connectivity index (χ3v) is 3.33. The minimum Gasteiger partial charge on any atom is -0.397 e. The van der Waals surface area contributed by atoms with Crippen molar-refractivity contribution in [1.29, 1.82) is 0 Å². The lowest BCUT2D eigenvalue weighted by Crippen LogP contribution is -2.35. The molecule has 1 atom stereocenters. The van der Waals surface area contributed by atoms with Crippen molar-refractivity contribution >= 4 is 22.4 Å². The Labute approximate surface area is 105 Å². The first kappa shape index (κ1) is 12.6. The van der Waals surface area contributed by atoms with Crippen molar-refractivity contribution in [1.82, 2.24) is 10.3 Å². The van der Waals surface area contributed by atoms with Crippen LogP contribution in [0.2, 0.25) is 0 Å². The summed E-state index contributed by atoms with van der Waals surface area (Å²) < 4.78 is 4.73. The van der Waals surface area contributed by atoms with Gasteiger partial charge >= 0.3 is 0 Å². The number of fused-ring (bicyclic) bond motifs is 1. The van der Waals surface area contributed by atoms with Crippen molar-refractivity contribution in [3.63, 3.8) is 0 Å². The SMILES string of the molecule is CCC(C)(CCO)Nc1ccc(N)c2nonc12. The summed E-state index contributed by atoms with van der Waals surface area (Å²) in [7, 11) is 0. The molecule has 4 N–H and O–H groups in total. The number of nitrogens with one attached hydrogen (secondary N) is 1. The van der Waals surface area contributed by atoms with E-state index in [0.29, 0.717) is 23.1 Å². The molecule has 6 heteroatoms. The Morgan fingerprint density at radius 1 is 1.39 bits per heavy atom. The van der Waals surface area contributed by atoms with Gasteiger partial charge < -0.3 is 16.2 Å². The van der Waals surface area contributed by atoms with E-state index in [1.54, 1.807) is 6.07 Å². The molecule has 0 amide bonds. The Bertz CT molecular complexity index is 540. The molecule has 1 aromatic heterocycles. The van der Waals surface area contributed by atoms with Gasteiger partial charge in [0.25, 0.3) is 0 Å². The fourth-order valence-electron chi connectivity index (χ4n) is 1.89. The molecule has 0 fully saturated rings. The van der Waals surface area contributed by atoms with E-state index < -0.39 is 0 Å². The van der Waals surface area contributed by atoms with Gasteiger partial charge in [-0.05, 0) is 42.2 Å². The molecule has 0 spiro atoms. The first-order chi connectivity index (χ1) is 8.59. The number of hydrogen-bond acceptors (Lipinski definition) is 6. The largest absolute Gasteiger partial charge is 0.397 e. The molecule has 0 radical (unpaired) electrons. The first-order valence-corrected chi connectivity index (χ1v) is 5.99. The molecule has 1 heterocycles. The second-order valence-corrected chi connectivity index (χ2v) is 4.68. The minimum atomic E-state index is -0.198. The van der Waals surface area contributed by atoms with E-state index in [4.69, 9.17) is 15.5 Å². The molecule has 1 unspecified atom stereocenters. The zero-order chi connectivity index (χ0) is 13.2. The van der Waals surface area contributed by atoms with Crippen LogP contribution in [0.1, 0.15) is 26.7 Å². The lowest BCUT2D eigenvalue weighted by molar-refractivity contribution is 0.252. The molecule has 2 aromatic rings. The number of rotatable bonds is 5. The molecule has 6 nitrogen and oxygen atoms in total. The average molecular weight is 250 g/mol. The Morgan fingerprint density at radius 3 is 2.78 bits per heavy atom. The highest BCUT2D eigenvalue weighted by Gasteiger charge is 2.23. The van der Waals surface area contributed by atoms with Crippen LogP contribution in [-0.4, -0.2) is 27.6 Å². The van der Waals surface area contributed by atoms with Crippen molar-refractivity contribution in [2.24, 2.45) is 0 Å². The summed E-state index contributed by atoms with van der Waals surface area (Å²) in [5, 5.41) is 20.2. The number of anilines is 2. The van der Waals surface area contributed by atoms with Gasteiger partial charge in [0.15, 0.2) is 11.0 Å². The van der Waals surface area contributed by atoms with E-state index in [2.05, 4.69) is 29.5 Å². The van der Waals surface area contributed by atoms with Gasteiger partial charge in [0.1, 0.15) is 0 Å². The average Bonchev–Trinajstić information content (AvgIpc) is 2.83. The highest BCUT2D eigenvalue weighted by atomic mass is 16.6. The molecule has 2 rings (SSSR count). The van der Waals surface area contributed by atoms with Crippen LogP contribution in [0, 0.1) is 0 Å². The zero-order valence-corrected chi connectivity index (χ0v) is 10.6. The van der Waals surface area contributed by atoms with Crippen LogP contribution in [0.3, 0.4) is 0 Å². The van der Waals surface area contributed by atoms with Gasteiger partial charge in [-0.3, -0.25) is 0 Å². The number of nitrogens with zero attached hydrogens (tertiary/aromatic N) is 2. The normalized spacial score (nSPS) is 14.6. The fraction of sp³-hybridized carbons (Fsp3) is 0.500. The molecule has 0 saturated heterocycles. The number of aliphatic hydroxyl groups is 1. The molecule has 98 valence electrons. The molecule has 0 aliphatic rings. The van der Waals surface area contributed by atoms with Crippen molar-refractivity contribution in [3.8, 4) is 0 Å². The molecule has 1 aromatic carbocycles. The van der Waals surface area contributed by atoms with E-state index in [1.165, 1.54) is 0 Å². The maximum atomic E-state index is 9.12. The van der Waals surface area contributed by atoms with Crippen LogP contribution in [0.4, 0.5) is 11.4 Å². The van der Waals surface area contributed by atoms with Crippen LogP contribution in [-0.2, 0) is 0 Å². The number of benzene rings is 1. The van der Waals surface area contributed by atoms with Gasteiger partial charge in [-0.25, -0.2) is 4.63 Å². The fourth-order valence-corrected chi connectivity index (χ4v) is 1.89. The van der Waals surface area contributed by atoms with Gasteiger partial charge in [-0.1, -0.05) is 6.92 Å². The second-order valence-electron chi connectivity index (χ2n) is 4.68. The summed E-state index contributed by atoms with van der Waals surface area (Å²) in [5.74, 6) is 0. The monoisotopic (exact) mass is 250 g/mol. The highest BCUT2D eigenvalue weighted by Crippen LogP contribution is 2.29. The van der Waals surface area contributed by atoms with Crippen LogP contribution in [0.5, 0.6) is 0 Å². The molecular formula is C12H18N4O2. The summed E-state index contributed by atoms with van der Waals surface area (Å²) >= 11 is 0. The van der Waals surface area contributed by atoms with Crippen LogP contribution in [0.25, 0.3) is 11.0 Å². The number of nitrogens with two attached hydrogens (primary N) is 1. The topological polar surface area (TPSA) is 97.2 Å². The van der Waals surface area contributed by atoms with E-state index >= 15 is 0 Å². The lowest BCUT2D eigenvalue weighted by Gasteiger charge is -2.30. The second kappa shape index (κ2) is 4.81. The molecule has 0 bridgehead atoms. The smallest absolute Gasteiger partial charge is 0.160 e. The summed E-state index contributed by atoms with van der Waals surface area (Å²) in [6, 6.07) is 3.62. The number of nitrogen functional groups attached to an aromatic ring is 1. The van der Waals surface area contributed by atoms with Crippen molar-refractivity contribution in [2.75, 3.05) is 17.7 Å². The van der Waals surface area contributed by atoms with Crippen molar-refractivity contribution < 1.29 is 9.74 Å². The highest BCUT2D eigenvalue weighted by molar-refractivity contribution is 5.95. The van der Waals surface area contributed by atoms with E-state index in [0.717, 1.165) is 12.1 Å². The standard InChI is InChI=1S/C12H18N4O2/c1-3-12(2,6-7-17)14-9-5-4-8(13)10-11(9)16-18-15-10/h4-5,14,17H,3,6-7,13H2,1-2H3. The lowest BCUT2D eigenvalue weighted by atomic mass is 9.94. The van der Waals surface area contributed by atoms with Gasteiger partial charge in [0, 0.05) is 12.1 Å². The minimum absolute atomic E-state index is 0.131. The van der Waals surface area contributed by atoms with E-state index in [9.17, 15) is 0 Å². The molecule has 18 heavy (non-hydrogen) atoms. The van der Waals surface area contributed by atoms with E-state index in [-0.39, 0.29) is 12.1 Å². The van der Waals surface area contributed by atoms with Crippen molar-refractivity contribution in [3.05, 3.63) is 12.1 Å². The Morgan fingerprint density at radius 2 is 2.11 bits per heavy atom. The molecule has 0 aliphatic carbocycles. The Kier molecular flexibility index (Phi) is 3.38. The molecule has 0 aliphatic heterocycles. The van der Waals surface area contributed by atoms with E-state index in [1.807, 2.05) is 6.07 Å². The van der Waals surface area contributed by atoms with Crippen LogP contribution < -0.4 is 11.1 Å². The summed E-state index contributed by atoms with van der Waals surface area (Å²) in [5.41, 5.74) is 8.13. The quantitative estimate of drug-likeness (QED) is 0.700. The molecular weight excluding hydrogens is 232 g/mol. The van der Waals surface area contributed by atoms with Crippen LogP contribution >= 0.6 is 0 Å². The number of hydrogen-bond donors (Lipinski definition) is 3. The van der Waals surface area contributed by atoms with Gasteiger partial charge in [0.2, 0.25) is 0 Å². The zero-order valence-electron chi connectivity index (χ0n) is 10.6. The summed E-state index contributed by atoms with van der Waals surface area (Å²) in [4.78, 5) is 0. The maximum Gasteiger partial charge on any atom is 0.160 e. The van der Waals surface area contributed by atoms with Crippen molar-refractivity contribution in [2.45, 2.75) is 32.2 Å². The Hall–Kier alpha value is -1.82. The first-order valence-electron chi connectivity index (χ1n) is 5.99. The predicted octanol–water partition coefficient (Wildman–Crippen LogP) is 1.77.